The van der Waals surface area contributed by atoms with Crippen molar-refractivity contribution >= 4 is 52.3 Å². The van der Waals surface area contributed by atoms with E-state index in [4.69, 9.17) is 39.9 Å². The number of fused-ring (bicyclic) bond motifs is 1. The molecule has 0 atom stereocenters. The van der Waals surface area contributed by atoms with Gasteiger partial charge in [0.05, 0.1) is 15.8 Å². The third-order valence-electron chi connectivity index (χ3n) is 3.53. The van der Waals surface area contributed by atoms with E-state index in [0.29, 0.717) is 20.9 Å². The smallest absolute Gasteiger partial charge is 0.187 e. The average Bonchev–Trinajstić information content (AvgIpc) is 3.01. The van der Waals surface area contributed by atoms with Crippen LogP contribution in [-0.4, -0.2) is 26.3 Å². The second-order valence-electron chi connectivity index (χ2n) is 5.09. The standard InChI is InChI=1S/C16H9Cl3N4S/c17-11-4-1-9(2-5-11)14-8-24-16-21-20-15(23(16)22-14)10-3-6-12(18)13(19)7-10/h1-7H,8H2. The van der Waals surface area contributed by atoms with E-state index >= 15 is 0 Å². The number of hydrogen-bond donors (Lipinski definition) is 0. The largest absolute Gasteiger partial charge is 0.212 e. The van der Waals surface area contributed by atoms with E-state index in [-0.39, 0.29) is 0 Å². The summed E-state index contributed by atoms with van der Waals surface area (Å²) in [5, 5.41) is 15.6. The van der Waals surface area contributed by atoms with Gasteiger partial charge in [-0.05, 0) is 35.9 Å². The zero-order valence-electron chi connectivity index (χ0n) is 12.1. The average molecular weight is 396 g/mol. The molecule has 1 aliphatic rings. The number of benzene rings is 2. The van der Waals surface area contributed by atoms with Crippen LogP contribution in [0.4, 0.5) is 0 Å². The van der Waals surface area contributed by atoms with E-state index in [0.717, 1.165) is 27.7 Å². The first kappa shape index (κ1) is 16.0. The summed E-state index contributed by atoms with van der Waals surface area (Å²) in [6.07, 6.45) is 0. The molecule has 120 valence electrons. The summed E-state index contributed by atoms with van der Waals surface area (Å²) in [6, 6.07) is 13.0. The zero-order chi connectivity index (χ0) is 16.7. The first-order valence-electron chi connectivity index (χ1n) is 6.99. The van der Waals surface area contributed by atoms with Crippen molar-refractivity contribution in [1.29, 1.82) is 0 Å². The Kier molecular flexibility index (Phi) is 4.26. The van der Waals surface area contributed by atoms with Gasteiger partial charge in [-0.3, -0.25) is 0 Å². The molecule has 4 nitrogen and oxygen atoms in total. The van der Waals surface area contributed by atoms with Gasteiger partial charge in [0.1, 0.15) is 0 Å². The number of hydrogen-bond acceptors (Lipinski definition) is 4. The summed E-state index contributed by atoms with van der Waals surface area (Å²) in [4.78, 5) is 0. The van der Waals surface area contributed by atoms with Gasteiger partial charge in [0, 0.05) is 16.3 Å². The van der Waals surface area contributed by atoms with Gasteiger partial charge < -0.3 is 0 Å². The van der Waals surface area contributed by atoms with Gasteiger partial charge in [-0.15, -0.1) is 10.2 Å². The van der Waals surface area contributed by atoms with Gasteiger partial charge in [-0.25, -0.2) is 0 Å². The van der Waals surface area contributed by atoms with Crippen LogP contribution in [0, 0.1) is 0 Å². The molecule has 0 spiro atoms. The maximum Gasteiger partial charge on any atom is 0.212 e. The van der Waals surface area contributed by atoms with Crippen molar-refractivity contribution in [3.63, 3.8) is 0 Å². The lowest BCUT2D eigenvalue weighted by Gasteiger charge is -2.14. The molecule has 2 heterocycles. The second-order valence-corrected chi connectivity index (χ2v) is 7.28. The molecule has 0 saturated carbocycles. The number of rotatable bonds is 2. The quantitative estimate of drug-likeness (QED) is 0.594. The van der Waals surface area contributed by atoms with Crippen LogP contribution in [0.25, 0.3) is 11.4 Å². The van der Waals surface area contributed by atoms with Crippen molar-refractivity contribution in [2.24, 2.45) is 5.10 Å². The zero-order valence-corrected chi connectivity index (χ0v) is 15.2. The third-order valence-corrected chi connectivity index (χ3v) is 5.45. The fourth-order valence-electron chi connectivity index (χ4n) is 2.33. The van der Waals surface area contributed by atoms with Crippen molar-refractivity contribution in [2.75, 3.05) is 5.75 Å². The highest BCUT2D eigenvalue weighted by molar-refractivity contribution is 7.99. The van der Waals surface area contributed by atoms with E-state index in [1.807, 2.05) is 30.3 Å². The Balaban J connectivity index is 1.79. The Morgan fingerprint density at radius 1 is 0.875 bits per heavy atom. The van der Waals surface area contributed by atoms with Crippen molar-refractivity contribution in [3.8, 4) is 11.4 Å². The van der Waals surface area contributed by atoms with Gasteiger partial charge >= 0.3 is 0 Å². The second kappa shape index (κ2) is 6.41. The highest BCUT2D eigenvalue weighted by Crippen LogP contribution is 2.31. The van der Waals surface area contributed by atoms with Crippen molar-refractivity contribution < 1.29 is 0 Å². The molecule has 0 fully saturated rings. The molecule has 0 aliphatic carbocycles. The minimum Gasteiger partial charge on any atom is -0.187 e. The van der Waals surface area contributed by atoms with Crippen LogP contribution in [-0.2, 0) is 0 Å². The summed E-state index contributed by atoms with van der Waals surface area (Å²) < 4.78 is 1.73. The van der Waals surface area contributed by atoms with E-state index in [1.165, 1.54) is 0 Å². The number of thioether (sulfide) groups is 1. The first-order valence-corrected chi connectivity index (χ1v) is 9.11. The fourth-order valence-corrected chi connectivity index (χ4v) is 3.59. The summed E-state index contributed by atoms with van der Waals surface area (Å²) in [5.41, 5.74) is 2.77. The van der Waals surface area contributed by atoms with E-state index in [1.54, 1.807) is 28.6 Å². The van der Waals surface area contributed by atoms with Crippen LogP contribution in [0.2, 0.25) is 15.1 Å². The predicted molar refractivity (Wildman–Crippen MR) is 99.6 cm³/mol. The lowest BCUT2D eigenvalue weighted by Crippen LogP contribution is -2.13. The molecule has 0 bridgehead atoms. The van der Waals surface area contributed by atoms with Gasteiger partial charge in [0.25, 0.3) is 0 Å². The summed E-state index contributed by atoms with van der Waals surface area (Å²) in [7, 11) is 0. The molecule has 0 saturated heterocycles. The Labute approximate surface area is 157 Å². The van der Waals surface area contributed by atoms with Gasteiger partial charge in [-0.2, -0.15) is 9.78 Å². The Morgan fingerprint density at radius 3 is 2.38 bits per heavy atom. The topological polar surface area (TPSA) is 43.1 Å². The third kappa shape index (κ3) is 2.93. The lowest BCUT2D eigenvalue weighted by molar-refractivity contribution is 0.762. The normalized spacial score (nSPS) is 13.5. The van der Waals surface area contributed by atoms with Gasteiger partial charge in [0.2, 0.25) is 5.16 Å². The molecule has 0 unspecified atom stereocenters. The lowest BCUT2D eigenvalue weighted by atomic mass is 10.1. The molecule has 3 aromatic rings. The van der Waals surface area contributed by atoms with Crippen molar-refractivity contribution in [1.82, 2.24) is 14.9 Å². The van der Waals surface area contributed by atoms with Crippen LogP contribution < -0.4 is 0 Å². The Hall–Kier alpha value is -1.53. The maximum atomic E-state index is 6.11. The van der Waals surface area contributed by atoms with Crippen molar-refractivity contribution in [2.45, 2.75) is 5.16 Å². The van der Waals surface area contributed by atoms with E-state index in [9.17, 15) is 0 Å². The number of nitrogens with zero attached hydrogens (tertiary/aromatic N) is 4. The molecule has 1 aromatic heterocycles. The first-order chi connectivity index (χ1) is 11.6. The molecule has 24 heavy (non-hydrogen) atoms. The highest BCUT2D eigenvalue weighted by atomic mass is 35.5. The molecular formula is C16H9Cl3N4S. The Morgan fingerprint density at radius 2 is 1.62 bits per heavy atom. The van der Waals surface area contributed by atoms with Crippen LogP contribution in [0.5, 0.6) is 0 Å². The van der Waals surface area contributed by atoms with Crippen LogP contribution in [0.15, 0.2) is 52.7 Å². The maximum absolute atomic E-state index is 6.11. The van der Waals surface area contributed by atoms with Crippen LogP contribution in [0.1, 0.15) is 5.56 Å². The SMILES string of the molecule is Clc1ccc(C2=Nn3c(nnc3-c3ccc(Cl)c(Cl)c3)SC2)cc1. The number of halogens is 3. The summed E-state index contributed by atoms with van der Waals surface area (Å²) in [5.74, 6) is 1.35. The van der Waals surface area contributed by atoms with Gasteiger partial charge in [0.15, 0.2) is 5.82 Å². The predicted octanol–water partition coefficient (Wildman–Crippen LogP) is 5.26. The molecule has 4 rings (SSSR count). The van der Waals surface area contributed by atoms with E-state index < -0.39 is 0 Å². The summed E-state index contributed by atoms with van der Waals surface area (Å²) >= 11 is 19.6. The molecule has 0 amide bonds. The molecule has 0 radical (unpaired) electrons. The highest BCUT2D eigenvalue weighted by Gasteiger charge is 2.21. The van der Waals surface area contributed by atoms with Gasteiger partial charge in [-0.1, -0.05) is 58.7 Å². The molecule has 8 heteroatoms. The number of aromatic nitrogens is 3. The molecular weight excluding hydrogens is 387 g/mol. The van der Waals surface area contributed by atoms with Crippen LogP contribution >= 0.6 is 46.6 Å². The Bertz CT molecular complexity index is 950. The van der Waals surface area contributed by atoms with Crippen molar-refractivity contribution in [3.05, 3.63) is 63.1 Å². The monoisotopic (exact) mass is 394 g/mol. The van der Waals surface area contributed by atoms with E-state index in [2.05, 4.69) is 10.2 Å². The molecule has 2 aromatic carbocycles. The fraction of sp³-hybridized carbons (Fsp3) is 0.0625. The van der Waals surface area contributed by atoms with Crippen LogP contribution in [0.3, 0.4) is 0 Å². The molecule has 1 aliphatic heterocycles. The molecule has 0 N–H and O–H groups in total. The minimum atomic E-state index is 0.469. The minimum absolute atomic E-state index is 0.469. The summed E-state index contributed by atoms with van der Waals surface area (Å²) in [6.45, 7) is 0.